The zero-order chi connectivity index (χ0) is 10.4. The SMILES string of the molecule is CCCCC(C(=O)O)c1ccccc1.[H-].[H-].[Mg+2]. The molecule has 0 bridgehead atoms. The van der Waals surface area contributed by atoms with E-state index >= 15 is 0 Å². The molecule has 1 aromatic carbocycles. The summed E-state index contributed by atoms with van der Waals surface area (Å²) in [5, 5.41) is 9.05. The summed E-state index contributed by atoms with van der Waals surface area (Å²) in [5.41, 5.74) is 0.911. The number of unbranched alkanes of at least 4 members (excludes halogenated alkanes) is 1. The minimum absolute atomic E-state index is 0. The number of hydrogen-bond donors (Lipinski definition) is 1. The Balaban J connectivity index is -0.000000653. The number of aliphatic carboxylic acids is 1. The van der Waals surface area contributed by atoms with Gasteiger partial charge in [-0.3, -0.25) is 4.79 Å². The van der Waals surface area contributed by atoms with Crippen LogP contribution in [-0.4, -0.2) is 34.1 Å². The average Bonchev–Trinajstić information content (AvgIpc) is 2.19. The molecule has 1 atom stereocenters. The van der Waals surface area contributed by atoms with Gasteiger partial charge in [-0.15, -0.1) is 0 Å². The Morgan fingerprint density at radius 2 is 2.00 bits per heavy atom. The van der Waals surface area contributed by atoms with Crippen molar-refractivity contribution in [3.05, 3.63) is 35.9 Å². The number of carbonyl (C=O) groups is 1. The summed E-state index contributed by atoms with van der Waals surface area (Å²) in [7, 11) is 0. The van der Waals surface area contributed by atoms with Crippen LogP contribution in [0, 0.1) is 0 Å². The summed E-state index contributed by atoms with van der Waals surface area (Å²) < 4.78 is 0. The van der Waals surface area contributed by atoms with E-state index in [0.717, 1.165) is 24.8 Å². The molecule has 0 aliphatic carbocycles. The van der Waals surface area contributed by atoms with Crippen molar-refractivity contribution in [2.24, 2.45) is 0 Å². The Labute approximate surface area is 110 Å². The average molecular weight is 219 g/mol. The Morgan fingerprint density at radius 3 is 2.47 bits per heavy atom. The summed E-state index contributed by atoms with van der Waals surface area (Å²) in [6.07, 6.45) is 2.73. The van der Waals surface area contributed by atoms with Crippen molar-refractivity contribution in [1.29, 1.82) is 0 Å². The van der Waals surface area contributed by atoms with Gasteiger partial charge in [-0.25, -0.2) is 0 Å². The monoisotopic (exact) mass is 218 g/mol. The molecule has 1 unspecified atom stereocenters. The molecule has 0 radical (unpaired) electrons. The Bertz CT molecular complexity index is 294. The van der Waals surface area contributed by atoms with Crippen LogP contribution in [-0.2, 0) is 4.79 Å². The van der Waals surface area contributed by atoms with Crippen LogP contribution in [0.15, 0.2) is 30.3 Å². The van der Waals surface area contributed by atoms with Gasteiger partial charge in [0.1, 0.15) is 0 Å². The standard InChI is InChI=1S/C12H16O2.Mg.2H/c1-2-3-9-11(12(13)14)10-7-5-4-6-8-10;;;/h4-8,11H,2-3,9H2,1H3,(H,13,14);;;/q;+2;2*-1. The smallest absolute Gasteiger partial charge is 1.00 e. The number of benzene rings is 1. The topological polar surface area (TPSA) is 37.3 Å². The van der Waals surface area contributed by atoms with Crippen molar-refractivity contribution in [3.63, 3.8) is 0 Å². The van der Waals surface area contributed by atoms with Crippen LogP contribution >= 0.6 is 0 Å². The Hall–Kier alpha value is -0.544. The number of rotatable bonds is 5. The van der Waals surface area contributed by atoms with Gasteiger partial charge < -0.3 is 7.96 Å². The van der Waals surface area contributed by atoms with Crippen molar-refractivity contribution in [2.75, 3.05) is 0 Å². The molecule has 0 spiro atoms. The maximum absolute atomic E-state index is 11.0. The molecule has 1 N–H and O–H groups in total. The molecule has 0 amide bonds. The minimum atomic E-state index is -0.718. The summed E-state index contributed by atoms with van der Waals surface area (Å²) in [5.74, 6) is -1.05. The molecule has 0 fully saturated rings. The van der Waals surface area contributed by atoms with Gasteiger partial charge in [-0.1, -0.05) is 50.1 Å². The van der Waals surface area contributed by atoms with Crippen LogP contribution in [0.4, 0.5) is 0 Å². The predicted octanol–water partition coefficient (Wildman–Crippen LogP) is 2.89. The van der Waals surface area contributed by atoms with Gasteiger partial charge in [-0.05, 0) is 12.0 Å². The van der Waals surface area contributed by atoms with E-state index in [9.17, 15) is 4.79 Å². The summed E-state index contributed by atoms with van der Waals surface area (Å²) in [6.45, 7) is 2.07. The quantitative estimate of drug-likeness (QED) is 0.772. The largest absolute Gasteiger partial charge is 2.00 e. The van der Waals surface area contributed by atoms with Gasteiger partial charge in [-0.2, -0.15) is 0 Å². The summed E-state index contributed by atoms with van der Waals surface area (Å²) in [6, 6.07) is 9.44. The third-order valence-electron chi connectivity index (χ3n) is 2.35. The van der Waals surface area contributed by atoms with Crippen LogP contribution < -0.4 is 0 Å². The summed E-state index contributed by atoms with van der Waals surface area (Å²) in [4.78, 5) is 11.0. The van der Waals surface area contributed by atoms with Gasteiger partial charge in [0.2, 0.25) is 0 Å². The van der Waals surface area contributed by atoms with Gasteiger partial charge in [0, 0.05) is 0 Å². The molecule has 3 heteroatoms. The zero-order valence-corrected chi connectivity index (χ0v) is 10.6. The summed E-state index contributed by atoms with van der Waals surface area (Å²) >= 11 is 0. The molecule has 1 rings (SSSR count). The van der Waals surface area contributed by atoms with Crippen molar-refractivity contribution in [3.8, 4) is 0 Å². The van der Waals surface area contributed by atoms with E-state index in [-0.39, 0.29) is 31.8 Å². The molecule has 15 heavy (non-hydrogen) atoms. The second kappa shape index (κ2) is 7.71. The van der Waals surface area contributed by atoms with Crippen LogP contribution in [0.2, 0.25) is 0 Å². The second-order valence-electron chi connectivity index (χ2n) is 3.44. The minimum Gasteiger partial charge on any atom is -1.00 e. The third kappa shape index (κ3) is 4.67. The first kappa shape index (κ1) is 14.5. The van der Waals surface area contributed by atoms with E-state index < -0.39 is 5.97 Å². The molecular weight excluding hydrogens is 200 g/mol. The van der Waals surface area contributed by atoms with Gasteiger partial charge in [0.05, 0.1) is 5.92 Å². The van der Waals surface area contributed by atoms with Crippen molar-refractivity contribution in [1.82, 2.24) is 0 Å². The van der Waals surface area contributed by atoms with E-state index in [4.69, 9.17) is 5.11 Å². The van der Waals surface area contributed by atoms with E-state index in [0.29, 0.717) is 0 Å². The number of hydrogen-bond acceptors (Lipinski definition) is 1. The number of carboxylic acid groups (broad SMARTS) is 1. The molecule has 0 saturated heterocycles. The molecule has 2 nitrogen and oxygen atoms in total. The third-order valence-corrected chi connectivity index (χ3v) is 2.35. The molecule has 0 aliphatic heterocycles. The van der Waals surface area contributed by atoms with Crippen LogP contribution in [0.5, 0.6) is 0 Å². The molecule has 80 valence electrons. The predicted molar refractivity (Wildman–Crippen MR) is 64.3 cm³/mol. The first-order valence-electron chi connectivity index (χ1n) is 5.03. The first-order valence-corrected chi connectivity index (χ1v) is 5.03. The van der Waals surface area contributed by atoms with Gasteiger partial charge in [0.15, 0.2) is 0 Å². The van der Waals surface area contributed by atoms with Gasteiger partial charge >= 0.3 is 29.0 Å². The number of carboxylic acids is 1. The van der Waals surface area contributed by atoms with E-state index in [1.807, 2.05) is 30.3 Å². The fourth-order valence-electron chi connectivity index (χ4n) is 1.53. The molecular formula is C12H18MgO2. The fraction of sp³-hybridized carbons (Fsp3) is 0.417. The molecule has 0 saturated carbocycles. The Morgan fingerprint density at radius 1 is 1.40 bits per heavy atom. The van der Waals surface area contributed by atoms with E-state index in [2.05, 4.69) is 6.92 Å². The molecule has 0 aliphatic rings. The van der Waals surface area contributed by atoms with Crippen LogP contribution in [0.3, 0.4) is 0 Å². The van der Waals surface area contributed by atoms with Gasteiger partial charge in [0.25, 0.3) is 0 Å². The zero-order valence-electron chi connectivity index (χ0n) is 11.1. The van der Waals surface area contributed by atoms with Crippen LogP contribution in [0.1, 0.15) is 40.5 Å². The maximum atomic E-state index is 11.0. The Kier molecular flexibility index (Phi) is 7.43. The van der Waals surface area contributed by atoms with E-state index in [1.165, 1.54) is 0 Å². The molecule has 0 heterocycles. The van der Waals surface area contributed by atoms with Crippen molar-refractivity contribution in [2.45, 2.75) is 32.1 Å². The van der Waals surface area contributed by atoms with Crippen molar-refractivity contribution < 1.29 is 12.8 Å². The normalized spacial score (nSPS) is 11.5. The van der Waals surface area contributed by atoms with Crippen molar-refractivity contribution >= 4 is 29.0 Å². The van der Waals surface area contributed by atoms with Crippen LogP contribution in [0.25, 0.3) is 0 Å². The fourth-order valence-corrected chi connectivity index (χ4v) is 1.53. The molecule has 1 aromatic rings. The second-order valence-corrected chi connectivity index (χ2v) is 3.44. The first-order chi connectivity index (χ1) is 6.75. The maximum Gasteiger partial charge on any atom is 2.00 e. The molecule has 0 aromatic heterocycles. The van der Waals surface area contributed by atoms with E-state index in [1.54, 1.807) is 0 Å².